The van der Waals surface area contributed by atoms with Crippen molar-refractivity contribution in [2.24, 2.45) is 0 Å². The first-order valence-corrected chi connectivity index (χ1v) is 7.36. The summed E-state index contributed by atoms with van der Waals surface area (Å²) in [6, 6.07) is 2.34. The van der Waals surface area contributed by atoms with E-state index in [1.807, 2.05) is 16.8 Å². The molecule has 98 valence electrons. The molecule has 1 heterocycles. The summed E-state index contributed by atoms with van der Waals surface area (Å²) < 4.78 is 2.98. The van der Waals surface area contributed by atoms with Crippen molar-refractivity contribution in [3.8, 4) is 0 Å². The van der Waals surface area contributed by atoms with Gasteiger partial charge < -0.3 is 4.57 Å². The lowest BCUT2D eigenvalue weighted by Gasteiger charge is -2.12. The topological polar surface area (TPSA) is 43.3 Å². The van der Waals surface area contributed by atoms with Crippen molar-refractivity contribution in [1.29, 1.82) is 0 Å². The van der Waals surface area contributed by atoms with Gasteiger partial charge in [0, 0.05) is 16.7 Å². The minimum absolute atomic E-state index is 0.139. The zero-order valence-electron chi connectivity index (χ0n) is 10.2. The Morgan fingerprint density at radius 2 is 2.06 bits per heavy atom. The number of halogens is 1. The van der Waals surface area contributed by atoms with Gasteiger partial charge in [0.25, 0.3) is 5.91 Å². The highest BCUT2D eigenvalue weighted by Gasteiger charge is 2.28. The molecule has 1 amide bonds. The minimum atomic E-state index is -0.139. The third-order valence-corrected chi connectivity index (χ3v) is 4.04. The van der Waals surface area contributed by atoms with Crippen molar-refractivity contribution >= 4 is 21.8 Å². The van der Waals surface area contributed by atoms with Crippen molar-refractivity contribution in [1.82, 2.24) is 10.0 Å². The van der Waals surface area contributed by atoms with Crippen LogP contribution in [0.25, 0.3) is 0 Å². The number of hydrogen-bond donors (Lipinski definition) is 1. The molecule has 2 aliphatic rings. The molecule has 4 nitrogen and oxygen atoms in total. The molecule has 0 unspecified atom stereocenters. The first kappa shape index (κ1) is 12.2. The van der Waals surface area contributed by atoms with Crippen LogP contribution < -0.4 is 5.48 Å². The molecule has 2 fully saturated rings. The Balaban J connectivity index is 1.64. The maximum Gasteiger partial charge on any atom is 0.291 e. The number of hydrogen-bond acceptors (Lipinski definition) is 2. The fourth-order valence-electron chi connectivity index (χ4n) is 2.48. The van der Waals surface area contributed by atoms with Gasteiger partial charge in [-0.1, -0.05) is 12.8 Å². The normalized spacial score (nSPS) is 20.3. The standard InChI is InChI=1S/C13H17BrN2O2/c14-9-7-12(16(8-9)10-5-6-10)13(17)15-18-11-3-1-2-4-11/h7-8,10-11H,1-6H2,(H,15,17). The lowest BCUT2D eigenvalue weighted by molar-refractivity contribution is -0.0130. The van der Waals surface area contributed by atoms with Crippen LogP contribution in [-0.4, -0.2) is 16.6 Å². The summed E-state index contributed by atoms with van der Waals surface area (Å²) in [5.41, 5.74) is 3.28. The van der Waals surface area contributed by atoms with Gasteiger partial charge in [0.2, 0.25) is 0 Å². The highest BCUT2D eigenvalue weighted by atomic mass is 79.9. The summed E-state index contributed by atoms with van der Waals surface area (Å²) in [5.74, 6) is -0.139. The first-order valence-electron chi connectivity index (χ1n) is 6.57. The molecule has 0 aliphatic heterocycles. The lowest BCUT2D eigenvalue weighted by Crippen LogP contribution is -2.29. The molecule has 0 atom stereocenters. The summed E-state index contributed by atoms with van der Waals surface area (Å²) in [6.07, 6.45) is 8.98. The predicted octanol–water partition coefficient (Wildman–Crippen LogP) is 3.19. The summed E-state index contributed by atoms with van der Waals surface area (Å²) in [7, 11) is 0. The average Bonchev–Trinajstić information content (AvgIpc) is 2.92. The molecule has 5 heteroatoms. The number of rotatable bonds is 4. The molecular formula is C13H17BrN2O2. The fraction of sp³-hybridized carbons (Fsp3) is 0.615. The van der Waals surface area contributed by atoms with Gasteiger partial charge in [-0.05, 0) is 47.7 Å². The number of carbonyl (C=O) groups is 1. The monoisotopic (exact) mass is 312 g/mol. The molecule has 3 rings (SSSR count). The van der Waals surface area contributed by atoms with E-state index in [9.17, 15) is 4.79 Å². The van der Waals surface area contributed by atoms with Crippen LogP contribution in [-0.2, 0) is 4.84 Å². The molecule has 0 bridgehead atoms. The number of nitrogens with zero attached hydrogens (tertiary/aromatic N) is 1. The Kier molecular flexibility index (Phi) is 3.43. The number of nitrogens with one attached hydrogen (secondary N) is 1. The van der Waals surface area contributed by atoms with Crippen LogP contribution in [0.2, 0.25) is 0 Å². The second-order valence-corrected chi connectivity index (χ2v) is 6.05. The van der Waals surface area contributed by atoms with E-state index in [0.29, 0.717) is 11.7 Å². The second-order valence-electron chi connectivity index (χ2n) is 5.14. The zero-order chi connectivity index (χ0) is 12.5. The zero-order valence-corrected chi connectivity index (χ0v) is 11.8. The minimum Gasteiger partial charge on any atom is -0.339 e. The molecule has 0 spiro atoms. The van der Waals surface area contributed by atoms with Gasteiger partial charge >= 0.3 is 0 Å². The average molecular weight is 313 g/mol. The SMILES string of the molecule is O=C(NOC1CCCC1)c1cc(Br)cn1C1CC1. The van der Waals surface area contributed by atoms with E-state index >= 15 is 0 Å². The number of hydroxylamine groups is 1. The molecule has 0 saturated heterocycles. The smallest absolute Gasteiger partial charge is 0.291 e. The van der Waals surface area contributed by atoms with E-state index in [0.717, 1.165) is 30.2 Å². The quantitative estimate of drug-likeness (QED) is 0.868. The molecule has 1 aromatic rings. The predicted molar refractivity (Wildman–Crippen MR) is 71.2 cm³/mol. The molecule has 0 aromatic carbocycles. The lowest BCUT2D eigenvalue weighted by atomic mass is 10.3. The van der Waals surface area contributed by atoms with Gasteiger partial charge in [-0.2, -0.15) is 0 Å². The largest absolute Gasteiger partial charge is 0.339 e. The van der Waals surface area contributed by atoms with Crippen molar-refractivity contribution in [3.63, 3.8) is 0 Å². The van der Waals surface area contributed by atoms with E-state index in [4.69, 9.17) is 4.84 Å². The second kappa shape index (κ2) is 5.05. The first-order chi connectivity index (χ1) is 8.74. The third-order valence-electron chi connectivity index (χ3n) is 3.61. The van der Waals surface area contributed by atoms with Crippen LogP contribution in [0.3, 0.4) is 0 Å². The maximum absolute atomic E-state index is 12.1. The summed E-state index contributed by atoms with van der Waals surface area (Å²) in [4.78, 5) is 17.5. The summed E-state index contributed by atoms with van der Waals surface area (Å²) in [6.45, 7) is 0. The number of aromatic nitrogens is 1. The van der Waals surface area contributed by atoms with Gasteiger partial charge in [0.05, 0.1) is 6.10 Å². The van der Waals surface area contributed by atoms with Crippen molar-refractivity contribution in [3.05, 3.63) is 22.4 Å². The van der Waals surface area contributed by atoms with Crippen molar-refractivity contribution < 1.29 is 9.63 Å². The van der Waals surface area contributed by atoms with Crippen LogP contribution in [0.1, 0.15) is 55.1 Å². The van der Waals surface area contributed by atoms with Gasteiger partial charge in [-0.25, -0.2) is 5.48 Å². The molecule has 1 aromatic heterocycles. The Bertz CT molecular complexity index is 448. The Morgan fingerprint density at radius 3 is 2.72 bits per heavy atom. The van der Waals surface area contributed by atoms with Gasteiger partial charge in [0.15, 0.2) is 0 Å². The fourth-order valence-corrected chi connectivity index (χ4v) is 2.92. The number of carbonyl (C=O) groups excluding carboxylic acids is 1. The van der Waals surface area contributed by atoms with E-state index in [1.54, 1.807) is 0 Å². The molecule has 2 saturated carbocycles. The molecule has 2 aliphatic carbocycles. The summed E-state index contributed by atoms with van der Waals surface area (Å²) >= 11 is 3.42. The summed E-state index contributed by atoms with van der Waals surface area (Å²) in [5, 5.41) is 0. The van der Waals surface area contributed by atoms with Crippen molar-refractivity contribution in [2.45, 2.75) is 50.7 Å². The Hall–Kier alpha value is -0.810. The highest BCUT2D eigenvalue weighted by molar-refractivity contribution is 9.10. The highest BCUT2D eigenvalue weighted by Crippen LogP contribution is 2.37. The third kappa shape index (κ3) is 2.62. The van der Waals surface area contributed by atoms with Gasteiger partial charge in [-0.3, -0.25) is 9.63 Å². The van der Waals surface area contributed by atoms with Gasteiger partial charge in [-0.15, -0.1) is 0 Å². The van der Waals surface area contributed by atoms with Gasteiger partial charge in [0.1, 0.15) is 5.69 Å². The molecule has 18 heavy (non-hydrogen) atoms. The van der Waals surface area contributed by atoms with E-state index < -0.39 is 0 Å². The van der Waals surface area contributed by atoms with E-state index in [2.05, 4.69) is 21.4 Å². The van der Waals surface area contributed by atoms with Crippen LogP contribution in [0.5, 0.6) is 0 Å². The molecular weight excluding hydrogens is 296 g/mol. The van der Waals surface area contributed by atoms with Crippen LogP contribution in [0.4, 0.5) is 0 Å². The van der Waals surface area contributed by atoms with Crippen LogP contribution in [0.15, 0.2) is 16.7 Å². The van der Waals surface area contributed by atoms with Crippen LogP contribution in [0, 0.1) is 0 Å². The van der Waals surface area contributed by atoms with E-state index in [-0.39, 0.29) is 12.0 Å². The number of amides is 1. The van der Waals surface area contributed by atoms with Crippen molar-refractivity contribution in [2.75, 3.05) is 0 Å². The molecule has 1 N–H and O–H groups in total. The maximum atomic E-state index is 12.1. The Morgan fingerprint density at radius 1 is 1.33 bits per heavy atom. The molecule has 0 radical (unpaired) electrons. The Labute approximate surface area is 115 Å². The van der Waals surface area contributed by atoms with Crippen LogP contribution >= 0.6 is 15.9 Å². The van der Waals surface area contributed by atoms with E-state index in [1.165, 1.54) is 12.8 Å².